The maximum absolute atomic E-state index is 8.83. The summed E-state index contributed by atoms with van der Waals surface area (Å²) in [5.74, 6) is 0.274. The Morgan fingerprint density at radius 3 is 2.65 bits per heavy atom. The van der Waals surface area contributed by atoms with Crippen LogP contribution in [-0.2, 0) is 0 Å². The average molecular weight is 234 g/mol. The highest BCUT2D eigenvalue weighted by molar-refractivity contribution is 5.07. The monoisotopic (exact) mass is 234 g/mol. The summed E-state index contributed by atoms with van der Waals surface area (Å²) < 4.78 is 0. The number of likely N-dealkylation sites (tertiary alicyclic amines) is 1. The highest BCUT2D eigenvalue weighted by Gasteiger charge is 2.49. The molecule has 2 unspecified atom stereocenters. The maximum Gasteiger partial charge on any atom is 0.0717 e. The van der Waals surface area contributed by atoms with E-state index < -0.39 is 0 Å². The summed E-state index contributed by atoms with van der Waals surface area (Å²) in [6, 6.07) is 3.37. The smallest absolute Gasteiger partial charge is 0.0717 e. The van der Waals surface area contributed by atoms with Crippen molar-refractivity contribution in [1.29, 1.82) is 5.26 Å². The molecule has 2 saturated heterocycles. The van der Waals surface area contributed by atoms with Crippen LogP contribution >= 0.6 is 0 Å². The number of hydrogen-bond donors (Lipinski definition) is 2. The second-order valence-corrected chi connectivity index (χ2v) is 6.09. The molecule has 2 atom stereocenters. The molecule has 1 saturated carbocycles. The van der Waals surface area contributed by atoms with Gasteiger partial charge in [0.25, 0.3) is 0 Å². The van der Waals surface area contributed by atoms with Gasteiger partial charge in [0.05, 0.1) is 12.0 Å². The molecule has 0 radical (unpaired) electrons. The lowest BCUT2D eigenvalue weighted by atomic mass is 9.74. The predicted octanol–water partition coefficient (Wildman–Crippen LogP) is 0.301. The normalized spacial score (nSPS) is 37.9. The third-order valence-electron chi connectivity index (χ3n) is 5.16. The Kier molecular flexibility index (Phi) is 2.86. The molecule has 0 aromatic heterocycles. The zero-order valence-corrected chi connectivity index (χ0v) is 10.4. The van der Waals surface area contributed by atoms with Crippen LogP contribution in [0.4, 0.5) is 0 Å². The number of rotatable bonds is 1. The second kappa shape index (κ2) is 4.24. The maximum atomic E-state index is 8.83. The number of nitrogens with one attached hydrogen (secondary N) is 1. The van der Waals surface area contributed by atoms with E-state index in [0.29, 0.717) is 17.5 Å². The zero-order valence-electron chi connectivity index (χ0n) is 10.4. The third kappa shape index (κ3) is 1.87. The number of hydrogen-bond acceptors (Lipinski definition) is 4. The SMILES string of the molecule is N#CC1CN(C2CC(N)C3(CCNCC3)C2)C1. The summed E-state index contributed by atoms with van der Waals surface area (Å²) in [6.45, 7) is 4.20. The lowest BCUT2D eigenvalue weighted by Crippen LogP contribution is -2.51. The van der Waals surface area contributed by atoms with Gasteiger partial charge in [-0.25, -0.2) is 0 Å². The van der Waals surface area contributed by atoms with E-state index in [2.05, 4.69) is 16.3 Å². The van der Waals surface area contributed by atoms with Gasteiger partial charge in [-0.15, -0.1) is 0 Å². The Labute approximate surface area is 103 Å². The first kappa shape index (κ1) is 11.5. The van der Waals surface area contributed by atoms with Crippen molar-refractivity contribution in [1.82, 2.24) is 10.2 Å². The first-order valence-corrected chi connectivity index (χ1v) is 6.83. The van der Waals surface area contributed by atoms with Crippen LogP contribution in [0.15, 0.2) is 0 Å². The van der Waals surface area contributed by atoms with Crippen molar-refractivity contribution in [3.8, 4) is 6.07 Å². The van der Waals surface area contributed by atoms with Crippen molar-refractivity contribution < 1.29 is 0 Å². The van der Waals surface area contributed by atoms with Crippen molar-refractivity contribution in [2.75, 3.05) is 26.2 Å². The van der Waals surface area contributed by atoms with Crippen LogP contribution in [0.25, 0.3) is 0 Å². The van der Waals surface area contributed by atoms with Crippen LogP contribution in [0, 0.1) is 22.7 Å². The molecule has 94 valence electrons. The first-order valence-electron chi connectivity index (χ1n) is 6.83. The number of piperidine rings is 1. The summed E-state index contributed by atoms with van der Waals surface area (Å²) >= 11 is 0. The zero-order chi connectivity index (χ0) is 11.9. The van der Waals surface area contributed by atoms with Gasteiger partial charge in [0.2, 0.25) is 0 Å². The Balaban J connectivity index is 1.62. The molecule has 3 aliphatic rings. The quantitative estimate of drug-likeness (QED) is 0.685. The highest BCUT2D eigenvalue weighted by Crippen LogP contribution is 2.46. The highest BCUT2D eigenvalue weighted by atomic mass is 15.2. The van der Waals surface area contributed by atoms with E-state index >= 15 is 0 Å². The van der Waals surface area contributed by atoms with Gasteiger partial charge in [-0.3, -0.25) is 4.90 Å². The van der Waals surface area contributed by atoms with Crippen LogP contribution in [-0.4, -0.2) is 43.2 Å². The van der Waals surface area contributed by atoms with Crippen molar-refractivity contribution in [3.63, 3.8) is 0 Å². The molecule has 1 spiro atoms. The van der Waals surface area contributed by atoms with Crippen LogP contribution in [0.5, 0.6) is 0 Å². The number of nitrogens with two attached hydrogens (primary N) is 1. The van der Waals surface area contributed by atoms with Crippen LogP contribution in [0.2, 0.25) is 0 Å². The molecule has 2 heterocycles. The minimum Gasteiger partial charge on any atom is -0.327 e. The molecule has 0 aromatic rings. The van der Waals surface area contributed by atoms with Crippen molar-refractivity contribution in [2.24, 2.45) is 17.1 Å². The molecular formula is C13H22N4. The fraction of sp³-hybridized carbons (Fsp3) is 0.923. The second-order valence-electron chi connectivity index (χ2n) is 6.09. The lowest BCUT2D eigenvalue weighted by molar-refractivity contribution is 0.0712. The molecule has 4 heteroatoms. The molecule has 0 amide bonds. The van der Waals surface area contributed by atoms with E-state index in [9.17, 15) is 0 Å². The van der Waals surface area contributed by atoms with Crippen LogP contribution in [0.3, 0.4) is 0 Å². The van der Waals surface area contributed by atoms with Gasteiger partial charge >= 0.3 is 0 Å². The van der Waals surface area contributed by atoms with Gasteiger partial charge in [0.1, 0.15) is 0 Å². The van der Waals surface area contributed by atoms with E-state index in [1.165, 1.54) is 19.3 Å². The fourth-order valence-corrected chi connectivity index (χ4v) is 3.92. The first-order chi connectivity index (χ1) is 8.23. The molecule has 4 nitrogen and oxygen atoms in total. The molecule has 3 fully saturated rings. The standard InChI is InChI=1S/C13H22N4/c14-7-10-8-17(9-10)11-5-12(15)13(6-11)1-3-16-4-2-13/h10-12,16H,1-6,8-9,15H2. The van der Waals surface area contributed by atoms with E-state index in [-0.39, 0.29) is 5.92 Å². The van der Waals surface area contributed by atoms with Gasteiger partial charge in [-0.05, 0) is 44.2 Å². The summed E-state index contributed by atoms with van der Waals surface area (Å²) in [4.78, 5) is 2.48. The number of nitrogens with zero attached hydrogens (tertiary/aromatic N) is 2. The summed E-state index contributed by atoms with van der Waals surface area (Å²) in [5.41, 5.74) is 6.80. The topological polar surface area (TPSA) is 65.1 Å². The van der Waals surface area contributed by atoms with E-state index in [4.69, 9.17) is 11.0 Å². The molecule has 0 aromatic carbocycles. The Bertz CT molecular complexity index is 323. The summed E-state index contributed by atoms with van der Waals surface area (Å²) in [5, 5.41) is 12.3. The van der Waals surface area contributed by atoms with Crippen LogP contribution < -0.4 is 11.1 Å². The van der Waals surface area contributed by atoms with E-state index in [0.717, 1.165) is 32.6 Å². The minimum absolute atomic E-state index is 0.274. The van der Waals surface area contributed by atoms with E-state index in [1.807, 2.05) is 0 Å². The molecule has 0 bridgehead atoms. The van der Waals surface area contributed by atoms with Crippen molar-refractivity contribution in [3.05, 3.63) is 0 Å². The molecule has 17 heavy (non-hydrogen) atoms. The molecule has 3 rings (SSSR count). The summed E-state index contributed by atoms with van der Waals surface area (Å²) in [6.07, 6.45) is 4.87. The Morgan fingerprint density at radius 1 is 1.29 bits per heavy atom. The van der Waals surface area contributed by atoms with Gasteiger partial charge < -0.3 is 11.1 Å². The summed E-state index contributed by atoms with van der Waals surface area (Å²) in [7, 11) is 0. The van der Waals surface area contributed by atoms with Gasteiger partial charge in [0, 0.05) is 25.2 Å². The van der Waals surface area contributed by atoms with Crippen molar-refractivity contribution >= 4 is 0 Å². The number of nitriles is 1. The van der Waals surface area contributed by atoms with Crippen molar-refractivity contribution in [2.45, 2.75) is 37.8 Å². The minimum atomic E-state index is 0.274. The van der Waals surface area contributed by atoms with Gasteiger partial charge in [-0.1, -0.05) is 0 Å². The Morgan fingerprint density at radius 2 is 2.00 bits per heavy atom. The molecule has 2 aliphatic heterocycles. The largest absolute Gasteiger partial charge is 0.327 e. The lowest BCUT2D eigenvalue weighted by Gasteiger charge is -2.41. The molecule has 3 N–H and O–H groups in total. The Hall–Kier alpha value is -0.630. The van der Waals surface area contributed by atoms with Gasteiger partial charge in [-0.2, -0.15) is 5.26 Å². The third-order valence-corrected chi connectivity index (χ3v) is 5.16. The molecular weight excluding hydrogens is 212 g/mol. The average Bonchev–Trinajstić information content (AvgIpc) is 2.56. The van der Waals surface area contributed by atoms with Crippen LogP contribution in [0.1, 0.15) is 25.7 Å². The molecule has 1 aliphatic carbocycles. The van der Waals surface area contributed by atoms with E-state index in [1.54, 1.807) is 0 Å². The predicted molar refractivity (Wildman–Crippen MR) is 66.2 cm³/mol. The van der Waals surface area contributed by atoms with Gasteiger partial charge in [0.15, 0.2) is 0 Å². The fourth-order valence-electron chi connectivity index (χ4n) is 3.92.